The third kappa shape index (κ3) is 1.83. The van der Waals surface area contributed by atoms with Crippen LogP contribution in [-0.2, 0) is 14.1 Å². The molecular weight excluding hydrogens is 248 g/mol. The average molecular weight is 273 g/mol. The van der Waals surface area contributed by atoms with Crippen molar-refractivity contribution in [1.82, 2.24) is 14.0 Å². The summed E-state index contributed by atoms with van der Waals surface area (Å²) in [7, 11) is 3.74. The van der Waals surface area contributed by atoms with Crippen LogP contribution < -0.4 is 4.57 Å². The summed E-state index contributed by atoms with van der Waals surface area (Å²) < 4.78 is 37.4. The molecule has 0 radical (unpaired) electrons. The van der Waals surface area contributed by atoms with Gasteiger partial charge in [0.2, 0.25) is 11.5 Å². The van der Waals surface area contributed by atoms with E-state index in [9.17, 15) is 0 Å². The van der Waals surface area contributed by atoms with E-state index in [1.54, 1.807) is 30.8 Å². The van der Waals surface area contributed by atoms with E-state index < -0.39 is 12.7 Å². The smallest absolute Gasteiger partial charge is 0.230 e. The van der Waals surface area contributed by atoms with Crippen molar-refractivity contribution >= 4 is 5.78 Å². The summed E-state index contributed by atoms with van der Waals surface area (Å²) in [5, 5.41) is 0. The van der Waals surface area contributed by atoms with Crippen molar-refractivity contribution in [3.63, 3.8) is 0 Å². The van der Waals surface area contributed by atoms with Gasteiger partial charge in [-0.05, 0) is 18.3 Å². The van der Waals surface area contributed by atoms with Gasteiger partial charge < -0.3 is 4.57 Å². The fourth-order valence-electron chi connectivity index (χ4n) is 2.55. The lowest BCUT2D eigenvalue weighted by Crippen LogP contribution is -2.32. The van der Waals surface area contributed by atoms with Crippen LogP contribution >= 0.6 is 0 Å². The number of imidazole rings is 2. The van der Waals surface area contributed by atoms with Crippen LogP contribution in [0.15, 0.2) is 30.9 Å². The van der Waals surface area contributed by atoms with E-state index in [1.807, 2.05) is 41.5 Å². The molecule has 3 aromatic heterocycles. The Hall–Kier alpha value is -2.10. The molecule has 0 N–H and O–H groups in total. The Morgan fingerprint density at radius 1 is 1.45 bits per heavy atom. The third-order valence-electron chi connectivity index (χ3n) is 3.65. The number of aromatic nitrogens is 4. The monoisotopic (exact) mass is 273 g/mol. The van der Waals surface area contributed by atoms with Crippen molar-refractivity contribution in [3.05, 3.63) is 42.0 Å². The normalized spacial score (nSPS) is 15.8. The highest BCUT2D eigenvalue weighted by Gasteiger charge is 2.19. The molecule has 0 atom stereocenters. The highest BCUT2D eigenvalue weighted by molar-refractivity contribution is 5.57. The van der Waals surface area contributed by atoms with Gasteiger partial charge in [-0.2, -0.15) is 4.57 Å². The number of hydrogen-bond donors (Lipinski definition) is 0. The maximum Gasteiger partial charge on any atom is 0.230 e. The summed E-state index contributed by atoms with van der Waals surface area (Å²) in [4.78, 5) is 4.31. The first-order chi connectivity index (χ1) is 11.0. The molecule has 104 valence electrons. The molecule has 0 aliphatic carbocycles. The van der Waals surface area contributed by atoms with Gasteiger partial charge in [-0.3, -0.25) is 4.40 Å². The zero-order valence-corrected chi connectivity index (χ0v) is 12.2. The first kappa shape index (κ1) is 8.95. The van der Waals surface area contributed by atoms with Crippen LogP contribution in [0.4, 0.5) is 0 Å². The lowest BCUT2D eigenvalue weighted by atomic mass is 9.98. The molecule has 0 bridgehead atoms. The highest BCUT2D eigenvalue weighted by Crippen LogP contribution is 2.24. The number of fused-ring (bicyclic) bond motifs is 1. The summed E-state index contributed by atoms with van der Waals surface area (Å²) >= 11 is 0. The molecule has 20 heavy (non-hydrogen) atoms. The fourth-order valence-corrected chi connectivity index (χ4v) is 2.55. The fraction of sp³-hybridized carbons (Fsp3) is 0.375. The minimum absolute atomic E-state index is 0.215. The Morgan fingerprint density at radius 3 is 2.90 bits per heavy atom. The van der Waals surface area contributed by atoms with Crippen molar-refractivity contribution in [1.29, 1.82) is 0 Å². The van der Waals surface area contributed by atoms with Crippen LogP contribution in [0.1, 0.15) is 36.4 Å². The van der Waals surface area contributed by atoms with Crippen molar-refractivity contribution < 1.29 is 10.1 Å². The molecule has 0 aliphatic rings. The van der Waals surface area contributed by atoms with E-state index in [-0.39, 0.29) is 5.56 Å². The SMILES string of the molecule is [2H]C([2H])([2H])c1c[n+](C)c(-c2cn3ccnc3n2C)cc1C([2H])(C)C. The summed E-state index contributed by atoms with van der Waals surface area (Å²) in [5.74, 6) is -0.213. The molecule has 3 heterocycles. The molecule has 3 aromatic rings. The van der Waals surface area contributed by atoms with E-state index in [2.05, 4.69) is 4.98 Å². The van der Waals surface area contributed by atoms with Gasteiger partial charge in [0.15, 0.2) is 6.20 Å². The Kier molecular flexibility index (Phi) is 2.00. The van der Waals surface area contributed by atoms with Gasteiger partial charge in [-0.25, -0.2) is 4.98 Å². The summed E-state index contributed by atoms with van der Waals surface area (Å²) in [6.45, 7) is 1.16. The van der Waals surface area contributed by atoms with Crippen LogP contribution in [-0.4, -0.2) is 14.0 Å². The molecule has 0 aliphatic heterocycles. The number of aryl methyl sites for hydroxylation is 3. The highest BCUT2D eigenvalue weighted by atomic mass is 15.2. The number of nitrogens with zero attached hydrogens (tertiary/aromatic N) is 4. The summed E-state index contributed by atoms with van der Waals surface area (Å²) in [6.07, 6.45) is 7.16. The van der Waals surface area contributed by atoms with E-state index in [1.165, 1.54) is 0 Å². The molecule has 0 saturated carbocycles. The standard InChI is InChI=1S/C16H21N4/c1-11(2)13-8-14(18(4)9-12(13)3)15-10-20-7-6-17-16(20)19(15)5/h6-11H,1-5H3/q+1/i3D3,11D. The van der Waals surface area contributed by atoms with Gasteiger partial charge in [-0.1, -0.05) is 13.8 Å². The number of pyridine rings is 1. The Bertz CT molecular complexity index is 913. The first-order valence-corrected chi connectivity index (χ1v) is 6.53. The van der Waals surface area contributed by atoms with E-state index in [0.29, 0.717) is 5.56 Å². The predicted molar refractivity (Wildman–Crippen MR) is 79.6 cm³/mol. The van der Waals surface area contributed by atoms with Crippen molar-refractivity contribution in [2.24, 2.45) is 14.1 Å². The van der Waals surface area contributed by atoms with E-state index in [4.69, 9.17) is 5.48 Å². The third-order valence-corrected chi connectivity index (χ3v) is 3.65. The molecule has 0 spiro atoms. The van der Waals surface area contributed by atoms with E-state index in [0.717, 1.165) is 17.2 Å². The second-order valence-corrected chi connectivity index (χ2v) is 5.30. The summed E-state index contributed by atoms with van der Waals surface area (Å²) in [6, 6.07) is 1.81. The largest absolute Gasteiger partial charge is 0.308 e. The zero-order valence-electron chi connectivity index (χ0n) is 16.2. The quantitative estimate of drug-likeness (QED) is 0.659. The molecular formula is C16H21N4+. The first-order valence-electron chi connectivity index (χ1n) is 8.53. The second-order valence-electron chi connectivity index (χ2n) is 5.30. The van der Waals surface area contributed by atoms with Gasteiger partial charge in [0.05, 0.1) is 0 Å². The lowest BCUT2D eigenvalue weighted by Gasteiger charge is -2.10. The molecule has 4 nitrogen and oxygen atoms in total. The topological polar surface area (TPSA) is 26.1 Å². The van der Waals surface area contributed by atoms with Gasteiger partial charge >= 0.3 is 0 Å². The average Bonchev–Trinajstić information content (AvgIpc) is 3.00. The minimum Gasteiger partial charge on any atom is -0.308 e. The maximum atomic E-state index is 8.37. The Labute approximate surface area is 124 Å². The molecule has 0 fully saturated rings. The van der Waals surface area contributed by atoms with Crippen LogP contribution in [0.3, 0.4) is 0 Å². The molecule has 4 heteroatoms. The van der Waals surface area contributed by atoms with Crippen molar-refractivity contribution in [2.75, 3.05) is 0 Å². The minimum atomic E-state index is -2.26. The van der Waals surface area contributed by atoms with Crippen molar-refractivity contribution in [3.8, 4) is 11.4 Å². The maximum absolute atomic E-state index is 8.37. The summed E-state index contributed by atoms with van der Waals surface area (Å²) in [5.41, 5.74) is 2.47. The van der Waals surface area contributed by atoms with Crippen LogP contribution in [0, 0.1) is 6.85 Å². The zero-order chi connectivity index (χ0) is 17.9. The molecule has 0 aromatic carbocycles. The predicted octanol–water partition coefficient (Wildman–Crippen LogP) is 2.60. The van der Waals surface area contributed by atoms with Gasteiger partial charge in [0.1, 0.15) is 12.7 Å². The molecule has 0 unspecified atom stereocenters. The molecule has 0 amide bonds. The van der Waals surface area contributed by atoms with Gasteiger partial charge in [0, 0.05) is 42.8 Å². The second kappa shape index (κ2) is 4.47. The Balaban J connectivity index is 2.30. The van der Waals surface area contributed by atoms with E-state index >= 15 is 0 Å². The van der Waals surface area contributed by atoms with Crippen LogP contribution in [0.25, 0.3) is 17.2 Å². The Morgan fingerprint density at radius 2 is 2.25 bits per heavy atom. The number of hydrogen-bond acceptors (Lipinski definition) is 1. The molecule has 3 rings (SSSR count). The van der Waals surface area contributed by atoms with Gasteiger partial charge in [0.25, 0.3) is 0 Å². The molecule has 0 saturated heterocycles. The number of rotatable bonds is 2. The lowest BCUT2D eigenvalue weighted by molar-refractivity contribution is -0.661. The van der Waals surface area contributed by atoms with Crippen molar-refractivity contribution in [2.45, 2.75) is 26.6 Å². The van der Waals surface area contributed by atoms with Gasteiger partial charge in [-0.15, -0.1) is 0 Å². The van der Waals surface area contributed by atoms with Crippen LogP contribution in [0.2, 0.25) is 0 Å². The van der Waals surface area contributed by atoms with Crippen LogP contribution in [0.5, 0.6) is 0 Å².